The van der Waals surface area contributed by atoms with Crippen LogP contribution in [0.15, 0.2) is 120 Å². The van der Waals surface area contributed by atoms with Crippen LogP contribution in [0.1, 0.15) is 80.3 Å². The Kier molecular flexibility index (Phi) is 6.82. The van der Waals surface area contributed by atoms with Crippen LogP contribution in [0.2, 0.25) is 0 Å². The molecular formula is C40H34N2O3S. The summed E-state index contributed by atoms with van der Waals surface area (Å²) in [5.41, 5.74) is 7.85. The fourth-order valence-corrected chi connectivity index (χ4v) is 9.01. The van der Waals surface area contributed by atoms with Gasteiger partial charge < -0.3 is 5.11 Å². The zero-order valence-electron chi connectivity index (χ0n) is 25.8. The third-order valence-corrected chi connectivity index (χ3v) is 11.2. The van der Waals surface area contributed by atoms with Crippen LogP contribution < -0.4 is 5.56 Å². The number of benzene rings is 3. The molecule has 1 aliphatic carbocycles. The van der Waals surface area contributed by atoms with Crippen LogP contribution >= 0.6 is 11.3 Å². The van der Waals surface area contributed by atoms with Crippen LogP contribution in [0, 0.1) is 6.92 Å². The highest BCUT2D eigenvalue weighted by Crippen LogP contribution is 2.53. The first-order valence-electron chi connectivity index (χ1n) is 15.9. The maximum Gasteiger partial charge on any atom is 0.341 e. The third-order valence-electron chi connectivity index (χ3n) is 10.0. The van der Waals surface area contributed by atoms with Crippen molar-refractivity contribution >= 4 is 22.8 Å². The molecule has 6 aromatic rings. The molecule has 228 valence electrons. The van der Waals surface area contributed by atoms with E-state index in [9.17, 15) is 14.7 Å². The molecule has 1 atom stereocenters. The first kappa shape index (κ1) is 28.7. The smallest absolute Gasteiger partial charge is 0.341 e. The lowest BCUT2D eigenvalue weighted by Gasteiger charge is -2.46. The molecule has 0 radical (unpaired) electrons. The Hall–Kier alpha value is -4.78. The van der Waals surface area contributed by atoms with Crippen molar-refractivity contribution in [2.45, 2.75) is 50.7 Å². The highest BCUT2D eigenvalue weighted by atomic mass is 32.1. The molecule has 1 unspecified atom stereocenters. The van der Waals surface area contributed by atoms with Gasteiger partial charge in [0.2, 0.25) is 0 Å². The van der Waals surface area contributed by atoms with Crippen LogP contribution in [0.3, 0.4) is 0 Å². The minimum absolute atomic E-state index is 0.129. The minimum Gasteiger partial charge on any atom is -0.477 e. The van der Waals surface area contributed by atoms with Crippen LogP contribution in [0.5, 0.6) is 0 Å². The van der Waals surface area contributed by atoms with Crippen LogP contribution in [0.25, 0.3) is 16.0 Å². The zero-order chi connectivity index (χ0) is 31.6. The zero-order valence-corrected chi connectivity index (χ0v) is 26.6. The number of aromatic nitrogens is 1. The number of carboxylic acids is 1. The van der Waals surface area contributed by atoms with Crippen LogP contribution in [-0.4, -0.2) is 20.4 Å². The van der Waals surface area contributed by atoms with Gasteiger partial charge >= 0.3 is 5.97 Å². The minimum atomic E-state index is -1.17. The average molecular weight is 623 g/mol. The largest absolute Gasteiger partial charge is 0.477 e. The molecule has 0 saturated heterocycles. The summed E-state index contributed by atoms with van der Waals surface area (Å²) in [5, 5.41) is 9.73. The lowest BCUT2D eigenvalue weighted by molar-refractivity contribution is 0.0694. The second kappa shape index (κ2) is 10.9. The number of carbonyl (C=O) groups is 1. The third kappa shape index (κ3) is 4.32. The van der Waals surface area contributed by atoms with Crippen molar-refractivity contribution in [1.82, 2.24) is 9.30 Å². The second-order valence-corrected chi connectivity index (χ2v) is 13.7. The molecule has 1 fully saturated rings. The molecule has 1 N–H and O–H groups in total. The van der Waals surface area contributed by atoms with Crippen molar-refractivity contribution in [1.29, 1.82) is 0 Å². The van der Waals surface area contributed by atoms with Gasteiger partial charge in [-0.2, -0.15) is 0 Å². The molecule has 0 spiro atoms. The van der Waals surface area contributed by atoms with E-state index in [0.29, 0.717) is 5.92 Å². The normalized spacial score (nSPS) is 16.5. The second-order valence-electron chi connectivity index (χ2n) is 12.6. The van der Waals surface area contributed by atoms with Gasteiger partial charge in [-0.05, 0) is 89.8 Å². The lowest BCUT2D eigenvalue weighted by Crippen LogP contribution is -2.46. The lowest BCUT2D eigenvalue weighted by atomic mass is 9.75. The predicted molar refractivity (Wildman–Crippen MR) is 184 cm³/mol. The van der Waals surface area contributed by atoms with Crippen molar-refractivity contribution < 1.29 is 9.90 Å². The molecule has 3 aromatic carbocycles. The first-order valence-corrected chi connectivity index (χ1v) is 16.7. The fraction of sp³-hybridized carbons (Fsp3) is 0.200. The van der Waals surface area contributed by atoms with Crippen molar-refractivity contribution in [3.63, 3.8) is 0 Å². The number of hydrogen-bond acceptors (Lipinski definition) is 4. The van der Waals surface area contributed by atoms with Gasteiger partial charge in [-0.15, -0.1) is 11.3 Å². The molecule has 2 aliphatic rings. The summed E-state index contributed by atoms with van der Waals surface area (Å²) < 4.78 is 1.55. The number of aromatic carboxylic acids is 1. The Bertz CT molecular complexity index is 2070. The van der Waals surface area contributed by atoms with E-state index in [1.807, 2.05) is 17.4 Å². The van der Waals surface area contributed by atoms with Gasteiger partial charge in [-0.25, -0.2) is 4.79 Å². The van der Waals surface area contributed by atoms with Gasteiger partial charge in [0.05, 0.1) is 11.1 Å². The highest BCUT2D eigenvalue weighted by Gasteiger charge is 2.48. The van der Waals surface area contributed by atoms with E-state index in [2.05, 4.69) is 116 Å². The molecule has 6 heteroatoms. The molecular weight excluding hydrogens is 589 g/mol. The summed E-state index contributed by atoms with van der Waals surface area (Å²) in [4.78, 5) is 30.2. The molecule has 1 aliphatic heterocycles. The van der Waals surface area contributed by atoms with E-state index in [-0.39, 0.29) is 11.6 Å². The standard InChI is InChI=1S/C40H34N2O3S/c1-25-31(20-21-41-37(25)33(27-18-19-27)22-34(38(41)43)39(44)45)35-23-32-26(2)42(24-36(32)46-35)40(28-12-6-3-7-13-28,29-14-8-4-9-15-29)30-16-10-5-11-17-30/h3-17,20-23,26-27H,18-19,24H2,1-2H3,(H,44,45). The monoisotopic (exact) mass is 622 g/mol. The Labute approximate surface area is 272 Å². The van der Waals surface area contributed by atoms with E-state index in [0.717, 1.165) is 41.6 Å². The summed E-state index contributed by atoms with van der Waals surface area (Å²) in [5.74, 6) is -0.875. The van der Waals surface area contributed by atoms with Crippen molar-refractivity contribution in [3.05, 3.63) is 170 Å². The number of hydrogen-bond donors (Lipinski definition) is 1. The number of thiophene rings is 1. The predicted octanol–water partition coefficient (Wildman–Crippen LogP) is 8.78. The molecule has 0 bridgehead atoms. The molecule has 0 amide bonds. The number of fused-ring (bicyclic) bond motifs is 2. The Morgan fingerprint density at radius 1 is 0.826 bits per heavy atom. The molecule has 4 heterocycles. The summed E-state index contributed by atoms with van der Waals surface area (Å²) in [7, 11) is 0. The topological polar surface area (TPSA) is 62.0 Å². The number of carboxylic acid groups (broad SMARTS) is 1. The van der Waals surface area contributed by atoms with Gasteiger partial charge in [-0.3, -0.25) is 14.1 Å². The van der Waals surface area contributed by atoms with Gasteiger partial charge in [0.1, 0.15) is 5.56 Å². The number of nitrogens with zero attached hydrogens (tertiary/aromatic N) is 2. The summed E-state index contributed by atoms with van der Waals surface area (Å²) in [6.07, 6.45) is 3.80. The quantitative estimate of drug-likeness (QED) is 0.181. The van der Waals surface area contributed by atoms with Gasteiger partial charge in [0.25, 0.3) is 5.56 Å². The van der Waals surface area contributed by atoms with Gasteiger partial charge in [0.15, 0.2) is 0 Å². The summed E-state index contributed by atoms with van der Waals surface area (Å²) in [6, 6.07) is 38.6. The van der Waals surface area contributed by atoms with E-state index in [4.69, 9.17) is 0 Å². The van der Waals surface area contributed by atoms with Crippen LogP contribution in [0.4, 0.5) is 0 Å². The van der Waals surface area contributed by atoms with E-state index in [1.165, 1.54) is 32.0 Å². The SMILES string of the molecule is Cc1c(-c2cc3c(s2)CN(C(c2ccccc2)(c2ccccc2)c2ccccc2)C3C)ccn2c(=O)c(C(=O)O)cc(C3CC3)c12. The molecule has 5 nitrogen and oxygen atoms in total. The number of pyridine rings is 2. The van der Waals surface area contributed by atoms with Gasteiger partial charge in [0, 0.05) is 28.5 Å². The Morgan fingerprint density at radius 3 is 1.89 bits per heavy atom. The number of rotatable bonds is 7. The van der Waals surface area contributed by atoms with E-state index in [1.54, 1.807) is 16.7 Å². The Balaban J connectivity index is 1.26. The molecule has 3 aromatic heterocycles. The first-order chi connectivity index (χ1) is 22.4. The average Bonchev–Trinajstić information content (AvgIpc) is 3.78. The maximum absolute atomic E-state index is 13.2. The van der Waals surface area contributed by atoms with E-state index < -0.39 is 17.1 Å². The van der Waals surface area contributed by atoms with Crippen molar-refractivity contribution in [3.8, 4) is 10.4 Å². The highest BCUT2D eigenvalue weighted by molar-refractivity contribution is 7.15. The fourth-order valence-electron chi connectivity index (χ4n) is 7.68. The van der Waals surface area contributed by atoms with E-state index >= 15 is 0 Å². The Morgan fingerprint density at radius 2 is 1.39 bits per heavy atom. The number of aryl methyl sites for hydroxylation is 1. The molecule has 46 heavy (non-hydrogen) atoms. The van der Waals surface area contributed by atoms with Crippen molar-refractivity contribution in [2.75, 3.05) is 0 Å². The molecule has 8 rings (SSSR count). The summed E-state index contributed by atoms with van der Waals surface area (Å²) in [6.45, 7) is 5.18. The van der Waals surface area contributed by atoms with Gasteiger partial charge in [-0.1, -0.05) is 91.0 Å². The maximum atomic E-state index is 13.2. The summed E-state index contributed by atoms with van der Waals surface area (Å²) >= 11 is 1.83. The van der Waals surface area contributed by atoms with Crippen molar-refractivity contribution in [2.24, 2.45) is 0 Å². The van der Waals surface area contributed by atoms with Crippen LogP contribution in [-0.2, 0) is 12.1 Å². The molecule has 1 saturated carbocycles.